The van der Waals surface area contributed by atoms with Crippen LogP contribution >= 0.6 is 0 Å². The molecule has 1 heterocycles. The number of nitrogens with zero attached hydrogens (tertiary/aromatic N) is 2. The van der Waals surface area contributed by atoms with E-state index in [2.05, 4.69) is 5.32 Å². The van der Waals surface area contributed by atoms with Crippen LogP contribution in [0.2, 0.25) is 0 Å². The molecule has 176 valence electrons. The fourth-order valence-electron chi connectivity index (χ4n) is 3.40. The molecule has 0 atom stereocenters. The molecule has 1 aliphatic heterocycles. The number of benzene rings is 2. The monoisotopic (exact) mass is 473 g/mol. The second-order valence-corrected chi connectivity index (χ2v) is 9.83. The van der Waals surface area contributed by atoms with Crippen LogP contribution in [0.1, 0.15) is 40.0 Å². The number of ether oxygens (including phenoxy) is 1. The highest BCUT2D eigenvalue weighted by molar-refractivity contribution is 7.89. The van der Waals surface area contributed by atoms with Gasteiger partial charge >= 0.3 is 5.97 Å². The van der Waals surface area contributed by atoms with E-state index in [0.717, 1.165) is 19.3 Å². The van der Waals surface area contributed by atoms with Gasteiger partial charge in [0.05, 0.1) is 10.5 Å². The largest absolute Gasteiger partial charge is 0.452 e. The van der Waals surface area contributed by atoms with Crippen LogP contribution in [0.25, 0.3) is 0 Å². The van der Waals surface area contributed by atoms with Crippen LogP contribution in [0.5, 0.6) is 0 Å². The van der Waals surface area contributed by atoms with Gasteiger partial charge in [-0.2, -0.15) is 4.31 Å². The predicted molar refractivity (Wildman–Crippen MR) is 122 cm³/mol. The van der Waals surface area contributed by atoms with Gasteiger partial charge in [0, 0.05) is 38.4 Å². The Labute approximate surface area is 193 Å². The van der Waals surface area contributed by atoms with E-state index in [1.165, 1.54) is 33.5 Å². The lowest BCUT2D eigenvalue weighted by Gasteiger charge is -2.25. The van der Waals surface area contributed by atoms with Gasteiger partial charge in [0.2, 0.25) is 10.0 Å². The zero-order valence-corrected chi connectivity index (χ0v) is 19.4. The quantitative estimate of drug-likeness (QED) is 0.618. The molecule has 9 nitrogen and oxygen atoms in total. The van der Waals surface area contributed by atoms with Gasteiger partial charge in [-0.15, -0.1) is 0 Å². The minimum absolute atomic E-state index is 0.0238. The SMILES string of the molecule is CN(C)C(=O)c1ccc(NC(=O)COC(=O)c2cccc(S(=O)(=O)N3CCCCC3)c2)cc1. The third-order valence-corrected chi connectivity index (χ3v) is 7.07. The van der Waals surface area contributed by atoms with Gasteiger partial charge in [-0.05, 0) is 55.3 Å². The number of hydrogen-bond donors (Lipinski definition) is 1. The highest BCUT2D eigenvalue weighted by Crippen LogP contribution is 2.21. The number of amides is 2. The first-order valence-electron chi connectivity index (χ1n) is 10.6. The molecule has 2 amide bonds. The average molecular weight is 474 g/mol. The Morgan fingerprint density at radius 1 is 0.970 bits per heavy atom. The number of anilines is 1. The summed E-state index contributed by atoms with van der Waals surface area (Å²) in [5.74, 6) is -1.52. The molecule has 1 aliphatic rings. The minimum atomic E-state index is -3.69. The standard InChI is InChI=1S/C23H27N3O6S/c1-25(2)22(28)17-9-11-19(12-10-17)24-21(27)16-32-23(29)18-7-6-8-20(15-18)33(30,31)26-13-4-3-5-14-26/h6-12,15H,3-5,13-14,16H2,1-2H3,(H,24,27). The van der Waals surface area contributed by atoms with Crippen molar-refractivity contribution in [2.75, 3.05) is 39.1 Å². The number of sulfonamides is 1. The van der Waals surface area contributed by atoms with Crippen LogP contribution < -0.4 is 5.32 Å². The van der Waals surface area contributed by atoms with Crippen molar-refractivity contribution in [1.82, 2.24) is 9.21 Å². The molecule has 0 aliphatic carbocycles. The number of piperidine rings is 1. The summed E-state index contributed by atoms with van der Waals surface area (Å²) >= 11 is 0. The number of esters is 1. The average Bonchev–Trinajstić information content (AvgIpc) is 2.83. The van der Waals surface area contributed by atoms with Gasteiger partial charge < -0.3 is 15.0 Å². The summed E-state index contributed by atoms with van der Waals surface area (Å²) in [5.41, 5.74) is 0.970. The van der Waals surface area contributed by atoms with Crippen LogP contribution in [-0.2, 0) is 19.6 Å². The third kappa shape index (κ3) is 6.17. The first-order chi connectivity index (χ1) is 15.7. The summed E-state index contributed by atoms with van der Waals surface area (Å²) in [7, 11) is -0.398. The van der Waals surface area contributed by atoms with E-state index in [1.54, 1.807) is 38.4 Å². The summed E-state index contributed by atoms with van der Waals surface area (Å²) in [6, 6.07) is 11.9. The Balaban J connectivity index is 1.58. The van der Waals surface area contributed by atoms with E-state index in [0.29, 0.717) is 24.3 Å². The van der Waals surface area contributed by atoms with Crippen molar-refractivity contribution in [3.8, 4) is 0 Å². The maximum Gasteiger partial charge on any atom is 0.338 e. The Hall–Kier alpha value is -3.24. The lowest BCUT2D eigenvalue weighted by molar-refractivity contribution is -0.119. The molecule has 0 unspecified atom stereocenters. The molecule has 1 saturated heterocycles. The Kier molecular flexibility index (Phi) is 7.83. The molecule has 0 radical (unpaired) electrons. The van der Waals surface area contributed by atoms with Gasteiger partial charge in [0.1, 0.15) is 0 Å². The lowest BCUT2D eigenvalue weighted by Crippen LogP contribution is -2.35. The number of carbonyl (C=O) groups excluding carboxylic acids is 3. The summed E-state index contributed by atoms with van der Waals surface area (Å²) in [4.78, 5) is 37.9. The fourth-order valence-corrected chi connectivity index (χ4v) is 4.97. The van der Waals surface area contributed by atoms with Crippen molar-refractivity contribution in [1.29, 1.82) is 0 Å². The van der Waals surface area contributed by atoms with Crippen LogP contribution in [0, 0.1) is 0 Å². The molecular formula is C23H27N3O6S. The zero-order chi connectivity index (χ0) is 24.0. The summed E-state index contributed by atoms with van der Waals surface area (Å²) in [6.45, 7) is 0.378. The van der Waals surface area contributed by atoms with Crippen LogP contribution in [0.15, 0.2) is 53.4 Å². The highest BCUT2D eigenvalue weighted by atomic mass is 32.2. The van der Waals surface area contributed by atoms with Gasteiger partial charge in [-0.3, -0.25) is 9.59 Å². The topological polar surface area (TPSA) is 113 Å². The van der Waals surface area contributed by atoms with E-state index in [4.69, 9.17) is 4.74 Å². The van der Waals surface area contributed by atoms with Crippen molar-refractivity contribution >= 4 is 33.5 Å². The van der Waals surface area contributed by atoms with Crippen molar-refractivity contribution in [3.63, 3.8) is 0 Å². The van der Waals surface area contributed by atoms with E-state index in [9.17, 15) is 22.8 Å². The van der Waals surface area contributed by atoms with Crippen molar-refractivity contribution in [2.24, 2.45) is 0 Å². The number of nitrogens with one attached hydrogen (secondary N) is 1. The molecule has 2 aromatic carbocycles. The first kappa shape index (κ1) is 24.4. The van der Waals surface area contributed by atoms with Crippen LogP contribution in [-0.4, -0.2) is 69.2 Å². The predicted octanol–water partition coefficient (Wildman–Crippen LogP) is 2.36. The normalized spacial score (nSPS) is 14.4. The zero-order valence-electron chi connectivity index (χ0n) is 18.6. The van der Waals surface area contributed by atoms with E-state index >= 15 is 0 Å². The van der Waals surface area contributed by atoms with Crippen molar-refractivity contribution < 1.29 is 27.5 Å². The van der Waals surface area contributed by atoms with Crippen LogP contribution in [0.4, 0.5) is 5.69 Å². The molecule has 2 aromatic rings. The number of rotatable bonds is 7. The number of carbonyl (C=O) groups is 3. The van der Waals surface area contributed by atoms with Crippen LogP contribution in [0.3, 0.4) is 0 Å². The molecule has 3 rings (SSSR count). The molecule has 1 fully saturated rings. The highest BCUT2D eigenvalue weighted by Gasteiger charge is 2.26. The van der Waals surface area contributed by atoms with E-state index in [1.807, 2.05) is 0 Å². The molecule has 0 spiro atoms. The smallest absolute Gasteiger partial charge is 0.338 e. The minimum Gasteiger partial charge on any atom is -0.452 e. The van der Waals surface area contributed by atoms with Gasteiger partial charge in [-0.25, -0.2) is 13.2 Å². The summed E-state index contributed by atoms with van der Waals surface area (Å²) in [6.07, 6.45) is 2.62. The Bertz CT molecular complexity index is 1120. The van der Waals surface area contributed by atoms with E-state index in [-0.39, 0.29) is 16.4 Å². The van der Waals surface area contributed by atoms with Gasteiger partial charge in [0.15, 0.2) is 6.61 Å². The van der Waals surface area contributed by atoms with Crippen molar-refractivity contribution in [2.45, 2.75) is 24.2 Å². The lowest BCUT2D eigenvalue weighted by atomic mass is 10.2. The second-order valence-electron chi connectivity index (χ2n) is 7.89. The third-order valence-electron chi connectivity index (χ3n) is 5.18. The molecular weight excluding hydrogens is 446 g/mol. The molecule has 33 heavy (non-hydrogen) atoms. The molecule has 0 aromatic heterocycles. The molecule has 10 heteroatoms. The second kappa shape index (κ2) is 10.6. The Morgan fingerprint density at radius 3 is 2.27 bits per heavy atom. The fraction of sp³-hybridized carbons (Fsp3) is 0.348. The van der Waals surface area contributed by atoms with E-state index < -0.39 is 28.5 Å². The first-order valence-corrected chi connectivity index (χ1v) is 12.0. The number of hydrogen-bond acceptors (Lipinski definition) is 6. The van der Waals surface area contributed by atoms with Gasteiger partial charge in [-0.1, -0.05) is 12.5 Å². The molecule has 0 bridgehead atoms. The molecule has 0 saturated carbocycles. The summed E-state index contributed by atoms with van der Waals surface area (Å²) in [5, 5.41) is 2.58. The maximum absolute atomic E-state index is 12.8. The maximum atomic E-state index is 12.8. The molecule has 1 N–H and O–H groups in total. The summed E-state index contributed by atoms with van der Waals surface area (Å²) < 4.78 is 32.1. The van der Waals surface area contributed by atoms with Crippen molar-refractivity contribution in [3.05, 3.63) is 59.7 Å². The van der Waals surface area contributed by atoms with Gasteiger partial charge in [0.25, 0.3) is 11.8 Å². The Morgan fingerprint density at radius 2 is 1.64 bits per heavy atom.